The first-order chi connectivity index (χ1) is 4.84. The summed E-state index contributed by atoms with van der Waals surface area (Å²) in [4.78, 5) is 11.0. The van der Waals surface area contributed by atoms with Gasteiger partial charge in [0.1, 0.15) is 0 Å². The molecule has 0 radical (unpaired) electrons. The third-order valence-electron chi connectivity index (χ3n) is 1.76. The minimum absolute atomic E-state index is 0.229. The summed E-state index contributed by atoms with van der Waals surface area (Å²) in [5, 5.41) is 0. The molecule has 1 atom stereocenters. The molecule has 56 valence electrons. The topological polar surface area (TPSA) is 17.1 Å². The molecule has 10 heavy (non-hydrogen) atoms. The van der Waals surface area contributed by atoms with Gasteiger partial charge in [0.15, 0.2) is 5.78 Å². The van der Waals surface area contributed by atoms with Crippen molar-refractivity contribution in [2.45, 2.75) is 12.8 Å². The van der Waals surface area contributed by atoms with Crippen molar-refractivity contribution in [2.75, 3.05) is 11.5 Å². The van der Waals surface area contributed by atoms with Crippen LogP contribution in [0.25, 0.3) is 0 Å². The number of carbonyl (C=O) groups excluding carboxylic acids is 1. The quantitative estimate of drug-likeness (QED) is 0.568. The second-order valence-electron chi connectivity index (χ2n) is 2.52. The molecular weight excluding hydrogens is 144 g/mol. The molecular formula is C8H12OS. The number of ketones is 1. The molecule has 0 saturated carbocycles. The Bertz CT molecular complexity index is 136. The van der Waals surface area contributed by atoms with Crippen LogP contribution in [0.4, 0.5) is 0 Å². The lowest BCUT2D eigenvalue weighted by Crippen LogP contribution is -2.18. The molecule has 0 N–H and O–H groups in total. The maximum absolute atomic E-state index is 11.0. The van der Waals surface area contributed by atoms with Gasteiger partial charge in [-0.3, -0.25) is 4.79 Å². The van der Waals surface area contributed by atoms with Crippen LogP contribution in [0.3, 0.4) is 0 Å². The standard InChI is InChI=1S/C8H12OS/c1-2-8(9)7-4-3-5-10-6-7/h2,7H,1,3-6H2. The maximum Gasteiger partial charge on any atom is 0.158 e. The normalized spacial score (nSPS) is 25.8. The Balaban J connectivity index is 2.38. The number of hydrogen-bond acceptors (Lipinski definition) is 2. The highest BCUT2D eigenvalue weighted by Crippen LogP contribution is 2.23. The smallest absolute Gasteiger partial charge is 0.158 e. The van der Waals surface area contributed by atoms with Gasteiger partial charge in [0, 0.05) is 11.7 Å². The minimum atomic E-state index is 0.229. The van der Waals surface area contributed by atoms with Crippen molar-refractivity contribution in [3.8, 4) is 0 Å². The van der Waals surface area contributed by atoms with E-state index in [2.05, 4.69) is 6.58 Å². The van der Waals surface area contributed by atoms with E-state index >= 15 is 0 Å². The molecule has 1 unspecified atom stereocenters. The van der Waals surface area contributed by atoms with Crippen LogP contribution >= 0.6 is 11.8 Å². The van der Waals surface area contributed by atoms with Gasteiger partial charge in [0.25, 0.3) is 0 Å². The molecule has 1 fully saturated rings. The maximum atomic E-state index is 11.0. The largest absolute Gasteiger partial charge is 0.295 e. The molecule has 1 aliphatic rings. The Hall–Kier alpha value is -0.240. The van der Waals surface area contributed by atoms with Gasteiger partial charge in [0.2, 0.25) is 0 Å². The van der Waals surface area contributed by atoms with Gasteiger partial charge in [-0.25, -0.2) is 0 Å². The van der Waals surface area contributed by atoms with Gasteiger partial charge in [-0.2, -0.15) is 11.8 Å². The predicted octanol–water partition coefficient (Wildman–Crippen LogP) is 1.88. The monoisotopic (exact) mass is 156 g/mol. The molecule has 0 amide bonds. The van der Waals surface area contributed by atoms with Crippen molar-refractivity contribution in [3.05, 3.63) is 12.7 Å². The van der Waals surface area contributed by atoms with E-state index in [1.54, 1.807) is 0 Å². The lowest BCUT2D eigenvalue weighted by molar-refractivity contribution is -0.117. The summed E-state index contributed by atoms with van der Waals surface area (Å²) in [7, 11) is 0. The van der Waals surface area contributed by atoms with Crippen LogP contribution in [0.1, 0.15) is 12.8 Å². The van der Waals surface area contributed by atoms with Crippen LogP contribution in [0.15, 0.2) is 12.7 Å². The zero-order valence-corrected chi connectivity index (χ0v) is 6.82. The Kier molecular flexibility index (Phi) is 3.00. The van der Waals surface area contributed by atoms with Gasteiger partial charge >= 0.3 is 0 Å². The molecule has 1 rings (SSSR count). The van der Waals surface area contributed by atoms with Crippen molar-refractivity contribution in [1.29, 1.82) is 0 Å². The SMILES string of the molecule is C=CC(=O)C1CCCSC1. The molecule has 0 spiro atoms. The average molecular weight is 156 g/mol. The fourth-order valence-electron chi connectivity index (χ4n) is 1.13. The van der Waals surface area contributed by atoms with E-state index in [1.807, 2.05) is 11.8 Å². The van der Waals surface area contributed by atoms with E-state index in [0.29, 0.717) is 0 Å². The van der Waals surface area contributed by atoms with E-state index in [0.717, 1.165) is 12.2 Å². The summed E-state index contributed by atoms with van der Waals surface area (Å²) in [5.74, 6) is 2.73. The number of hydrogen-bond donors (Lipinski definition) is 0. The predicted molar refractivity (Wildman–Crippen MR) is 45.3 cm³/mol. The summed E-state index contributed by atoms with van der Waals surface area (Å²) in [5.41, 5.74) is 0. The van der Waals surface area contributed by atoms with Crippen LogP contribution in [0.2, 0.25) is 0 Å². The molecule has 0 bridgehead atoms. The lowest BCUT2D eigenvalue weighted by Gasteiger charge is -2.17. The van der Waals surface area contributed by atoms with Crippen molar-refractivity contribution >= 4 is 17.5 Å². The molecule has 1 nitrogen and oxygen atoms in total. The zero-order chi connectivity index (χ0) is 7.40. The summed E-state index contributed by atoms with van der Waals surface area (Å²) < 4.78 is 0. The van der Waals surface area contributed by atoms with Gasteiger partial charge in [-0.15, -0.1) is 0 Å². The summed E-state index contributed by atoms with van der Waals surface area (Å²) in [6.07, 6.45) is 3.71. The third kappa shape index (κ3) is 1.87. The van der Waals surface area contributed by atoms with Crippen LogP contribution in [0, 0.1) is 5.92 Å². The molecule has 1 aliphatic heterocycles. The first-order valence-electron chi connectivity index (χ1n) is 3.58. The average Bonchev–Trinajstić information content (AvgIpc) is 2.05. The summed E-state index contributed by atoms with van der Waals surface area (Å²) in [6.45, 7) is 3.48. The highest BCUT2D eigenvalue weighted by Gasteiger charge is 2.18. The van der Waals surface area contributed by atoms with Gasteiger partial charge in [-0.05, 0) is 24.7 Å². The second-order valence-corrected chi connectivity index (χ2v) is 3.67. The highest BCUT2D eigenvalue weighted by molar-refractivity contribution is 7.99. The van der Waals surface area contributed by atoms with Crippen molar-refractivity contribution in [1.82, 2.24) is 0 Å². The molecule has 1 saturated heterocycles. The fourth-order valence-corrected chi connectivity index (χ4v) is 2.28. The lowest BCUT2D eigenvalue weighted by atomic mass is 10.0. The van der Waals surface area contributed by atoms with E-state index in [9.17, 15) is 4.79 Å². The Labute approximate surface area is 65.9 Å². The van der Waals surface area contributed by atoms with Crippen molar-refractivity contribution in [3.63, 3.8) is 0 Å². The molecule has 2 heteroatoms. The van der Waals surface area contributed by atoms with Crippen molar-refractivity contribution < 1.29 is 4.79 Å². The first-order valence-corrected chi connectivity index (χ1v) is 4.74. The zero-order valence-electron chi connectivity index (χ0n) is 6.01. The molecule has 1 heterocycles. The number of allylic oxidation sites excluding steroid dienone is 1. The number of thioether (sulfide) groups is 1. The van der Waals surface area contributed by atoms with Crippen LogP contribution < -0.4 is 0 Å². The van der Waals surface area contributed by atoms with Crippen LogP contribution in [-0.2, 0) is 4.79 Å². The Morgan fingerprint density at radius 2 is 2.50 bits per heavy atom. The van der Waals surface area contributed by atoms with Crippen molar-refractivity contribution in [2.24, 2.45) is 5.92 Å². The number of rotatable bonds is 2. The van der Waals surface area contributed by atoms with Gasteiger partial charge in [-0.1, -0.05) is 6.58 Å². The first kappa shape index (κ1) is 7.86. The molecule has 0 aliphatic carbocycles. The highest BCUT2D eigenvalue weighted by atomic mass is 32.2. The second kappa shape index (κ2) is 3.81. The molecule has 0 aromatic heterocycles. The van der Waals surface area contributed by atoms with Crippen LogP contribution in [0.5, 0.6) is 0 Å². The minimum Gasteiger partial charge on any atom is -0.295 e. The fraction of sp³-hybridized carbons (Fsp3) is 0.625. The summed E-state index contributed by atoms with van der Waals surface area (Å²) in [6, 6.07) is 0. The number of carbonyl (C=O) groups is 1. The Morgan fingerprint density at radius 3 is 3.00 bits per heavy atom. The van der Waals surface area contributed by atoms with E-state index in [1.165, 1.54) is 18.2 Å². The van der Waals surface area contributed by atoms with Crippen LogP contribution in [-0.4, -0.2) is 17.3 Å². The summed E-state index contributed by atoms with van der Waals surface area (Å²) >= 11 is 1.88. The van der Waals surface area contributed by atoms with E-state index in [4.69, 9.17) is 0 Å². The van der Waals surface area contributed by atoms with Gasteiger partial charge < -0.3 is 0 Å². The van der Waals surface area contributed by atoms with E-state index in [-0.39, 0.29) is 11.7 Å². The van der Waals surface area contributed by atoms with Gasteiger partial charge in [0.05, 0.1) is 0 Å². The molecule has 0 aromatic carbocycles. The Morgan fingerprint density at radius 1 is 1.70 bits per heavy atom. The molecule has 0 aromatic rings. The van der Waals surface area contributed by atoms with E-state index < -0.39 is 0 Å². The third-order valence-corrected chi connectivity index (χ3v) is 2.98.